The molecule has 146 valence electrons. The molecule has 0 radical (unpaired) electrons. The van der Waals surface area contributed by atoms with Crippen LogP contribution in [0, 0.1) is 6.92 Å². The van der Waals surface area contributed by atoms with Crippen molar-refractivity contribution in [3.8, 4) is 0 Å². The summed E-state index contributed by atoms with van der Waals surface area (Å²) in [6.45, 7) is 9.98. The first kappa shape index (κ1) is 20.9. The summed E-state index contributed by atoms with van der Waals surface area (Å²) in [5.41, 5.74) is 4.46. The maximum atomic E-state index is 12.3. The van der Waals surface area contributed by atoms with Crippen LogP contribution < -0.4 is 10.2 Å². The summed E-state index contributed by atoms with van der Waals surface area (Å²) < 4.78 is 0. The van der Waals surface area contributed by atoms with Crippen molar-refractivity contribution in [2.45, 2.75) is 33.6 Å². The third kappa shape index (κ3) is 6.68. The highest BCUT2D eigenvalue weighted by Gasteiger charge is 2.09. The van der Waals surface area contributed by atoms with Gasteiger partial charge in [0.05, 0.1) is 0 Å². The van der Waals surface area contributed by atoms with Gasteiger partial charge in [-0.25, -0.2) is 0 Å². The summed E-state index contributed by atoms with van der Waals surface area (Å²) in [5.74, 6) is 0.0597. The number of likely N-dealkylation sites (N-methyl/N-ethyl adjacent to an activating group) is 1. The summed E-state index contributed by atoms with van der Waals surface area (Å²) in [5, 5.41) is 3.05. The zero-order valence-corrected chi connectivity index (χ0v) is 17.0. The Morgan fingerprint density at radius 2 is 1.78 bits per heavy atom. The van der Waals surface area contributed by atoms with Crippen molar-refractivity contribution < 1.29 is 4.79 Å². The van der Waals surface area contributed by atoms with Crippen molar-refractivity contribution in [2.75, 3.05) is 43.4 Å². The fourth-order valence-electron chi connectivity index (χ4n) is 3.06. The first-order valence-corrected chi connectivity index (χ1v) is 9.76. The monoisotopic (exact) mass is 368 g/mol. The van der Waals surface area contributed by atoms with Crippen LogP contribution in [0.25, 0.3) is 0 Å². The zero-order chi connectivity index (χ0) is 19.6. The molecule has 0 saturated heterocycles. The lowest BCUT2D eigenvalue weighted by molar-refractivity contribution is -0.116. The Morgan fingerprint density at radius 3 is 2.41 bits per heavy atom. The number of aryl methyl sites for hydroxylation is 1. The van der Waals surface area contributed by atoms with E-state index in [1.165, 1.54) is 11.3 Å². The predicted molar refractivity (Wildman–Crippen MR) is 113 cm³/mol. The highest BCUT2D eigenvalue weighted by molar-refractivity contribution is 5.91. The minimum Gasteiger partial charge on any atom is -0.372 e. The molecular weight excluding hydrogens is 336 g/mol. The Morgan fingerprint density at radius 1 is 1.07 bits per heavy atom. The molecule has 27 heavy (non-hydrogen) atoms. The van der Waals surface area contributed by atoms with Gasteiger partial charge in [-0.3, -0.25) is 9.78 Å². The molecule has 0 saturated carbocycles. The average Bonchev–Trinajstić information content (AvgIpc) is 2.68. The second-order valence-corrected chi connectivity index (χ2v) is 6.88. The van der Waals surface area contributed by atoms with Gasteiger partial charge in [0.15, 0.2) is 0 Å². The van der Waals surface area contributed by atoms with Crippen molar-refractivity contribution in [3.05, 3.63) is 53.9 Å². The Balaban J connectivity index is 1.79. The minimum atomic E-state index is 0.0597. The number of aromatic nitrogens is 1. The van der Waals surface area contributed by atoms with E-state index in [1.807, 2.05) is 37.5 Å². The van der Waals surface area contributed by atoms with Crippen LogP contribution in [-0.2, 0) is 11.2 Å². The molecule has 2 aromatic rings. The predicted octanol–water partition coefficient (Wildman–Crippen LogP) is 3.74. The number of carbonyl (C=O) groups is 1. The molecule has 5 nitrogen and oxygen atoms in total. The van der Waals surface area contributed by atoms with Gasteiger partial charge in [0.1, 0.15) is 0 Å². The average molecular weight is 369 g/mol. The van der Waals surface area contributed by atoms with Crippen molar-refractivity contribution in [1.29, 1.82) is 0 Å². The fourth-order valence-corrected chi connectivity index (χ4v) is 3.06. The van der Waals surface area contributed by atoms with E-state index < -0.39 is 0 Å². The van der Waals surface area contributed by atoms with Crippen LogP contribution in [0.15, 0.2) is 42.7 Å². The number of hydrogen-bond donors (Lipinski definition) is 1. The molecule has 5 heteroatoms. The van der Waals surface area contributed by atoms with E-state index in [0.29, 0.717) is 6.42 Å². The van der Waals surface area contributed by atoms with Gasteiger partial charge in [0.2, 0.25) is 5.91 Å². The molecule has 2 rings (SSSR count). The molecule has 1 N–H and O–H groups in total. The SMILES string of the molecule is CCN(CC)c1ccc(NC(=O)CCN(C)CCc2ccncc2)c(C)c1. The van der Waals surface area contributed by atoms with Gasteiger partial charge >= 0.3 is 0 Å². The first-order chi connectivity index (χ1) is 13.0. The standard InChI is InChI=1S/C22H32N4O/c1-5-26(6-2)20-7-8-21(18(3)17-20)24-22(27)12-16-25(4)15-11-19-9-13-23-14-10-19/h7-10,13-14,17H,5-6,11-12,15-16H2,1-4H3,(H,24,27). The number of nitrogens with zero attached hydrogens (tertiary/aromatic N) is 3. The first-order valence-electron chi connectivity index (χ1n) is 9.76. The molecule has 0 aliphatic heterocycles. The smallest absolute Gasteiger partial charge is 0.225 e. The van der Waals surface area contributed by atoms with E-state index in [0.717, 1.165) is 43.9 Å². The molecule has 0 fully saturated rings. The lowest BCUT2D eigenvalue weighted by Crippen LogP contribution is -2.26. The van der Waals surface area contributed by atoms with E-state index in [2.05, 4.69) is 53.1 Å². The second kappa shape index (κ2) is 10.7. The number of amides is 1. The lowest BCUT2D eigenvalue weighted by atomic mass is 10.1. The lowest BCUT2D eigenvalue weighted by Gasteiger charge is -2.22. The Labute approximate surface area is 163 Å². The summed E-state index contributed by atoms with van der Waals surface area (Å²) in [7, 11) is 2.05. The molecule has 0 aliphatic rings. The maximum absolute atomic E-state index is 12.3. The Hall–Kier alpha value is -2.40. The van der Waals surface area contributed by atoms with Gasteiger partial charge in [-0.05, 0) is 75.7 Å². The third-order valence-electron chi connectivity index (χ3n) is 4.86. The summed E-state index contributed by atoms with van der Waals surface area (Å²) >= 11 is 0. The van der Waals surface area contributed by atoms with Crippen LogP contribution in [0.2, 0.25) is 0 Å². The van der Waals surface area contributed by atoms with Crippen LogP contribution >= 0.6 is 0 Å². The van der Waals surface area contributed by atoms with Crippen molar-refractivity contribution in [2.24, 2.45) is 0 Å². The molecule has 1 heterocycles. The van der Waals surface area contributed by atoms with Crippen molar-refractivity contribution in [3.63, 3.8) is 0 Å². The second-order valence-electron chi connectivity index (χ2n) is 6.88. The number of pyridine rings is 1. The van der Waals surface area contributed by atoms with Crippen LogP contribution in [0.5, 0.6) is 0 Å². The van der Waals surface area contributed by atoms with Gasteiger partial charge in [-0.2, -0.15) is 0 Å². The third-order valence-corrected chi connectivity index (χ3v) is 4.86. The Kier molecular flexibility index (Phi) is 8.27. The normalized spacial score (nSPS) is 10.9. The van der Waals surface area contributed by atoms with Gasteiger partial charge < -0.3 is 15.1 Å². The molecule has 0 atom stereocenters. The summed E-state index contributed by atoms with van der Waals surface area (Å²) in [6.07, 6.45) is 5.09. The van der Waals surface area contributed by atoms with Crippen LogP contribution in [0.1, 0.15) is 31.4 Å². The quantitative estimate of drug-likeness (QED) is 0.694. The molecular formula is C22H32N4O. The number of benzene rings is 1. The van der Waals surface area contributed by atoms with Crippen molar-refractivity contribution >= 4 is 17.3 Å². The summed E-state index contributed by atoms with van der Waals surface area (Å²) in [6, 6.07) is 10.3. The fraction of sp³-hybridized carbons (Fsp3) is 0.455. The summed E-state index contributed by atoms with van der Waals surface area (Å²) in [4.78, 5) is 20.8. The molecule has 0 bridgehead atoms. The van der Waals surface area contributed by atoms with E-state index in [4.69, 9.17) is 0 Å². The van der Waals surface area contributed by atoms with Crippen LogP contribution in [0.4, 0.5) is 11.4 Å². The molecule has 0 aliphatic carbocycles. The van der Waals surface area contributed by atoms with E-state index in [9.17, 15) is 4.79 Å². The number of hydrogen-bond acceptors (Lipinski definition) is 4. The number of nitrogens with one attached hydrogen (secondary N) is 1. The van der Waals surface area contributed by atoms with Crippen molar-refractivity contribution in [1.82, 2.24) is 9.88 Å². The number of carbonyl (C=O) groups excluding carboxylic acids is 1. The zero-order valence-electron chi connectivity index (χ0n) is 17.0. The molecule has 0 spiro atoms. The van der Waals surface area contributed by atoms with Crippen LogP contribution in [0.3, 0.4) is 0 Å². The van der Waals surface area contributed by atoms with Gasteiger partial charge in [0, 0.05) is 56.4 Å². The largest absolute Gasteiger partial charge is 0.372 e. The highest BCUT2D eigenvalue weighted by Crippen LogP contribution is 2.22. The van der Waals surface area contributed by atoms with E-state index >= 15 is 0 Å². The minimum absolute atomic E-state index is 0.0597. The molecule has 1 aromatic heterocycles. The van der Waals surface area contributed by atoms with Crippen LogP contribution in [-0.4, -0.2) is 49.0 Å². The maximum Gasteiger partial charge on any atom is 0.225 e. The van der Waals surface area contributed by atoms with Gasteiger partial charge in [-0.1, -0.05) is 0 Å². The van der Waals surface area contributed by atoms with E-state index in [1.54, 1.807) is 0 Å². The highest BCUT2D eigenvalue weighted by atomic mass is 16.1. The van der Waals surface area contributed by atoms with Gasteiger partial charge in [-0.15, -0.1) is 0 Å². The van der Waals surface area contributed by atoms with E-state index in [-0.39, 0.29) is 5.91 Å². The van der Waals surface area contributed by atoms with Gasteiger partial charge in [0.25, 0.3) is 0 Å². The topological polar surface area (TPSA) is 48.5 Å². The number of rotatable bonds is 10. The Bertz CT molecular complexity index is 714. The molecule has 1 amide bonds. The molecule has 0 unspecified atom stereocenters. The number of anilines is 2. The molecule has 1 aromatic carbocycles.